The number of para-hydroxylation sites is 1. The summed E-state index contributed by atoms with van der Waals surface area (Å²) in [5.74, 6) is 1.87. The molecule has 1 aliphatic heterocycles. The van der Waals surface area contributed by atoms with Crippen LogP contribution in [0.4, 0.5) is 5.69 Å². The Labute approximate surface area is 147 Å². The van der Waals surface area contributed by atoms with E-state index in [1.807, 2.05) is 35.0 Å². The first kappa shape index (κ1) is 15.7. The van der Waals surface area contributed by atoms with E-state index in [1.54, 1.807) is 6.33 Å². The predicted molar refractivity (Wildman–Crippen MR) is 98.2 cm³/mol. The Morgan fingerprint density at radius 2 is 2.00 bits per heavy atom. The summed E-state index contributed by atoms with van der Waals surface area (Å²) in [6.07, 6.45) is 3.66. The van der Waals surface area contributed by atoms with Crippen molar-refractivity contribution in [3.63, 3.8) is 0 Å². The summed E-state index contributed by atoms with van der Waals surface area (Å²) in [6, 6.07) is 16.3. The first-order chi connectivity index (χ1) is 12.1. The molecule has 0 fully saturated rings. The molecule has 25 heavy (non-hydrogen) atoms. The van der Waals surface area contributed by atoms with Gasteiger partial charge in [-0.3, -0.25) is 0 Å². The maximum Gasteiger partial charge on any atom is 0.151 e. The number of rotatable bonds is 4. The van der Waals surface area contributed by atoms with Gasteiger partial charge in [0.25, 0.3) is 0 Å². The zero-order chi connectivity index (χ0) is 17.3. The number of aryl methyl sites for hydroxylation is 1. The molecule has 0 saturated carbocycles. The van der Waals surface area contributed by atoms with Crippen LogP contribution < -0.4 is 10.1 Å². The molecule has 0 aliphatic carbocycles. The average molecular weight is 334 g/mol. The van der Waals surface area contributed by atoms with E-state index in [2.05, 4.69) is 47.4 Å². The minimum Gasteiger partial charge on any atom is -0.488 e. The molecule has 1 N–H and O–H groups in total. The highest BCUT2D eigenvalue weighted by Crippen LogP contribution is 2.34. The van der Waals surface area contributed by atoms with Crippen LogP contribution in [0.1, 0.15) is 31.7 Å². The number of hydrogen-bond donors (Lipinski definition) is 1. The third kappa shape index (κ3) is 3.36. The Bertz CT molecular complexity index is 870. The molecule has 128 valence electrons. The maximum atomic E-state index is 6.05. The van der Waals surface area contributed by atoms with Gasteiger partial charge in [0, 0.05) is 5.69 Å². The summed E-state index contributed by atoms with van der Waals surface area (Å²) in [5, 5.41) is 7.78. The van der Waals surface area contributed by atoms with Crippen LogP contribution in [0.2, 0.25) is 0 Å². The third-order valence-electron chi connectivity index (χ3n) is 4.51. The lowest BCUT2D eigenvalue weighted by Gasteiger charge is -2.32. The number of ether oxygens (including phenoxy) is 1. The molecule has 0 bridgehead atoms. The molecule has 3 aromatic rings. The Hall–Kier alpha value is -2.82. The number of anilines is 1. The molecule has 0 spiro atoms. The lowest BCUT2D eigenvalue weighted by atomic mass is 9.94. The molecule has 0 amide bonds. The molecule has 1 aromatic heterocycles. The van der Waals surface area contributed by atoms with Crippen molar-refractivity contribution in [2.24, 2.45) is 0 Å². The molecule has 0 radical (unpaired) electrons. The van der Waals surface area contributed by atoms with Crippen molar-refractivity contribution in [1.29, 1.82) is 0 Å². The van der Waals surface area contributed by atoms with E-state index in [0.29, 0.717) is 6.54 Å². The lowest BCUT2D eigenvalue weighted by Crippen LogP contribution is -2.32. The minimum absolute atomic E-state index is 0.0753. The number of nitrogens with zero attached hydrogens (tertiary/aromatic N) is 3. The molecule has 2 heterocycles. The zero-order valence-electron chi connectivity index (χ0n) is 14.6. The van der Waals surface area contributed by atoms with Crippen molar-refractivity contribution in [2.75, 3.05) is 5.32 Å². The van der Waals surface area contributed by atoms with E-state index in [1.165, 1.54) is 5.56 Å². The van der Waals surface area contributed by atoms with Crippen molar-refractivity contribution in [3.05, 3.63) is 66.2 Å². The van der Waals surface area contributed by atoms with Crippen molar-refractivity contribution in [3.8, 4) is 11.4 Å². The Balaban J connectivity index is 1.49. The highest BCUT2D eigenvalue weighted by molar-refractivity contribution is 5.52. The van der Waals surface area contributed by atoms with Gasteiger partial charge in [-0.25, -0.2) is 9.67 Å². The summed E-state index contributed by atoms with van der Waals surface area (Å²) < 4.78 is 7.91. The first-order valence-electron chi connectivity index (χ1n) is 8.61. The topological polar surface area (TPSA) is 52.0 Å². The summed E-state index contributed by atoms with van der Waals surface area (Å²) in [6.45, 7) is 4.89. The molecule has 2 aromatic carbocycles. The maximum absolute atomic E-state index is 6.05. The molecule has 0 unspecified atom stereocenters. The number of hydrogen-bond acceptors (Lipinski definition) is 4. The van der Waals surface area contributed by atoms with Crippen LogP contribution in [0, 0.1) is 0 Å². The van der Waals surface area contributed by atoms with Crippen LogP contribution in [-0.2, 0) is 13.0 Å². The van der Waals surface area contributed by atoms with Crippen molar-refractivity contribution < 1.29 is 4.74 Å². The SMILES string of the molecule is CC1(C)CCc2cc(NCc3ncnn3-c3ccccc3)ccc2O1. The second-order valence-electron chi connectivity index (χ2n) is 6.96. The Kier molecular flexibility index (Phi) is 3.92. The number of benzene rings is 2. The van der Waals surface area contributed by atoms with Gasteiger partial charge in [0.15, 0.2) is 5.82 Å². The van der Waals surface area contributed by atoms with Crippen LogP contribution >= 0.6 is 0 Å². The summed E-state index contributed by atoms with van der Waals surface area (Å²) >= 11 is 0. The fraction of sp³-hybridized carbons (Fsp3) is 0.300. The second kappa shape index (κ2) is 6.24. The number of nitrogens with one attached hydrogen (secondary N) is 1. The molecule has 0 atom stereocenters. The summed E-state index contributed by atoms with van der Waals surface area (Å²) in [5.41, 5.74) is 3.27. The fourth-order valence-electron chi connectivity index (χ4n) is 3.12. The van der Waals surface area contributed by atoms with E-state index < -0.39 is 0 Å². The van der Waals surface area contributed by atoms with Gasteiger partial charge < -0.3 is 10.1 Å². The summed E-state index contributed by atoms with van der Waals surface area (Å²) in [7, 11) is 0. The van der Waals surface area contributed by atoms with E-state index in [9.17, 15) is 0 Å². The highest BCUT2D eigenvalue weighted by Gasteiger charge is 2.26. The molecular weight excluding hydrogens is 312 g/mol. The average Bonchev–Trinajstić information content (AvgIpc) is 3.08. The molecule has 1 aliphatic rings. The normalized spacial score (nSPS) is 15.3. The summed E-state index contributed by atoms with van der Waals surface area (Å²) in [4.78, 5) is 4.38. The van der Waals surface area contributed by atoms with Gasteiger partial charge in [-0.05, 0) is 62.6 Å². The van der Waals surface area contributed by atoms with Crippen LogP contribution in [0.15, 0.2) is 54.9 Å². The smallest absolute Gasteiger partial charge is 0.151 e. The van der Waals surface area contributed by atoms with E-state index in [0.717, 1.165) is 35.8 Å². The van der Waals surface area contributed by atoms with Gasteiger partial charge in [0.05, 0.1) is 12.2 Å². The van der Waals surface area contributed by atoms with Crippen molar-refractivity contribution >= 4 is 5.69 Å². The van der Waals surface area contributed by atoms with Gasteiger partial charge in [-0.2, -0.15) is 5.10 Å². The number of fused-ring (bicyclic) bond motifs is 1. The second-order valence-corrected chi connectivity index (χ2v) is 6.96. The van der Waals surface area contributed by atoms with Gasteiger partial charge in [0.1, 0.15) is 17.7 Å². The van der Waals surface area contributed by atoms with E-state index in [4.69, 9.17) is 4.74 Å². The van der Waals surface area contributed by atoms with Gasteiger partial charge in [0.2, 0.25) is 0 Å². The largest absolute Gasteiger partial charge is 0.488 e. The minimum atomic E-state index is -0.0753. The fourth-order valence-corrected chi connectivity index (χ4v) is 3.12. The van der Waals surface area contributed by atoms with Crippen LogP contribution in [-0.4, -0.2) is 20.4 Å². The monoisotopic (exact) mass is 334 g/mol. The van der Waals surface area contributed by atoms with Gasteiger partial charge in [-0.1, -0.05) is 18.2 Å². The highest BCUT2D eigenvalue weighted by atomic mass is 16.5. The van der Waals surface area contributed by atoms with E-state index in [-0.39, 0.29) is 5.60 Å². The standard InChI is InChI=1S/C20H22N4O/c1-20(2)11-10-15-12-16(8-9-18(15)25-20)21-13-19-22-14-23-24(19)17-6-4-3-5-7-17/h3-9,12,14,21H,10-11,13H2,1-2H3. The molecular formula is C20H22N4O. The van der Waals surface area contributed by atoms with Crippen molar-refractivity contribution in [1.82, 2.24) is 14.8 Å². The zero-order valence-corrected chi connectivity index (χ0v) is 14.6. The van der Waals surface area contributed by atoms with Crippen molar-refractivity contribution in [2.45, 2.75) is 38.8 Å². The molecule has 5 nitrogen and oxygen atoms in total. The van der Waals surface area contributed by atoms with Crippen LogP contribution in [0.25, 0.3) is 5.69 Å². The van der Waals surface area contributed by atoms with Crippen LogP contribution in [0.5, 0.6) is 5.75 Å². The molecule has 0 saturated heterocycles. The first-order valence-corrected chi connectivity index (χ1v) is 8.61. The molecule has 4 rings (SSSR count). The third-order valence-corrected chi connectivity index (χ3v) is 4.51. The Morgan fingerprint density at radius 1 is 1.16 bits per heavy atom. The lowest BCUT2D eigenvalue weighted by molar-refractivity contribution is 0.0847. The van der Waals surface area contributed by atoms with Gasteiger partial charge in [-0.15, -0.1) is 0 Å². The quantitative estimate of drug-likeness (QED) is 0.784. The van der Waals surface area contributed by atoms with E-state index >= 15 is 0 Å². The van der Waals surface area contributed by atoms with Crippen LogP contribution in [0.3, 0.4) is 0 Å². The molecule has 5 heteroatoms. The number of aromatic nitrogens is 3. The predicted octanol–water partition coefficient (Wildman–Crippen LogP) is 3.98. The van der Waals surface area contributed by atoms with Gasteiger partial charge >= 0.3 is 0 Å². The Morgan fingerprint density at radius 3 is 2.84 bits per heavy atom.